The van der Waals surface area contributed by atoms with E-state index in [1.807, 2.05) is 27.7 Å². The molecule has 0 amide bonds. The Labute approximate surface area is 173 Å². The van der Waals surface area contributed by atoms with Crippen LogP contribution in [0.4, 0.5) is 0 Å². The molecule has 2 N–H and O–H groups in total. The zero-order valence-corrected chi connectivity index (χ0v) is 18.4. The van der Waals surface area contributed by atoms with Gasteiger partial charge in [0, 0.05) is 17.8 Å². The molecule has 0 aromatic heterocycles. The molecule has 2 saturated heterocycles. The molecule has 0 aliphatic carbocycles. The summed E-state index contributed by atoms with van der Waals surface area (Å²) in [4.78, 5) is 10.3. The van der Waals surface area contributed by atoms with E-state index in [4.69, 9.17) is 39.2 Å². The molecule has 8 atom stereocenters. The third-order valence-corrected chi connectivity index (χ3v) is 7.32. The summed E-state index contributed by atoms with van der Waals surface area (Å²) in [6, 6.07) is -1.49. The smallest absolute Gasteiger partial charge is 0.387 e. The van der Waals surface area contributed by atoms with E-state index < -0.39 is 49.3 Å². The minimum Gasteiger partial charge on any atom is -0.388 e. The third-order valence-electron chi connectivity index (χ3n) is 4.29. The van der Waals surface area contributed by atoms with E-state index in [0.717, 1.165) is 0 Å². The molecule has 2 fully saturated rings. The van der Waals surface area contributed by atoms with Gasteiger partial charge in [-0.1, -0.05) is 0 Å². The molecule has 0 spiro atoms. The fourth-order valence-corrected chi connectivity index (χ4v) is 5.79. The van der Waals surface area contributed by atoms with Gasteiger partial charge in [0.25, 0.3) is 0 Å². The highest BCUT2D eigenvalue weighted by molar-refractivity contribution is 8.54. The van der Waals surface area contributed by atoms with Crippen molar-refractivity contribution in [3.05, 3.63) is 0 Å². The first-order chi connectivity index (χ1) is 13.0. The molecule has 2 aliphatic heterocycles. The van der Waals surface area contributed by atoms with Crippen LogP contribution < -0.4 is 0 Å². The molecule has 2 aliphatic rings. The number of hydrogen-bond donors (Lipinski definition) is 2. The lowest BCUT2D eigenvalue weighted by Gasteiger charge is -2.25. The monoisotopic (exact) mass is 434 g/mol. The van der Waals surface area contributed by atoms with Gasteiger partial charge in [0.15, 0.2) is 0 Å². The highest BCUT2D eigenvalue weighted by Crippen LogP contribution is 2.58. The van der Waals surface area contributed by atoms with Gasteiger partial charge in [-0.15, -0.1) is 0 Å². The Kier molecular flexibility index (Phi) is 9.39. The Balaban J connectivity index is 1.90. The van der Waals surface area contributed by atoms with Crippen molar-refractivity contribution in [2.45, 2.75) is 88.9 Å². The molecule has 0 aromatic carbocycles. The standard InChI is InChI=1S/C16H29B2O8PS/c1-8(2)22-6-11-10(5-13(17)24-11)26-27(20,21)28-7-12-15(23-9(3)4)14(19)16(18)25-12/h8-16,19H,5-7H2,1-4H3,(H,20,21)/t10-,11-,12-,13-,14?,15+,16-/m1/s1. The number of ether oxygens (including phenoxy) is 4. The molecule has 0 saturated carbocycles. The van der Waals surface area contributed by atoms with E-state index in [0.29, 0.717) is 17.8 Å². The topological polar surface area (TPSA) is 104 Å². The van der Waals surface area contributed by atoms with Gasteiger partial charge < -0.3 is 28.9 Å². The van der Waals surface area contributed by atoms with Crippen LogP contribution in [-0.2, 0) is 28.0 Å². The Bertz CT molecular complexity index is 543. The molecule has 12 heteroatoms. The van der Waals surface area contributed by atoms with Gasteiger partial charge in [0.1, 0.15) is 34.0 Å². The third kappa shape index (κ3) is 7.29. The molecule has 28 heavy (non-hydrogen) atoms. The first-order valence-electron chi connectivity index (χ1n) is 9.41. The summed E-state index contributed by atoms with van der Waals surface area (Å²) in [7, 11) is 11.5. The summed E-state index contributed by atoms with van der Waals surface area (Å²) in [6.45, 7) is 3.59. The van der Waals surface area contributed by atoms with Crippen LogP contribution in [-0.4, -0.2) is 92.8 Å². The zero-order chi connectivity index (χ0) is 21.1. The number of rotatable bonds is 10. The Morgan fingerprint density at radius 3 is 2.46 bits per heavy atom. The molecule has 2 unspecified atom stereocenters. The van der Waals surface area contributed by atoms with Gasteiger partial charge in [0.2, 0.25) is 0 Å². The SMILES string of the molecule is [B][C@@H]1O[C@H](CSP(=O)(O)O[C@@H]2C[C@H]([B])O[C@@H]2COC(C)C)[C@H](OC(C)C)C1O. The van der Waals surface area contributed by atoms with Gasteiger partial charge in [-0.3, -0.25) is 4.52 Å². The lowest BCUT2D eigenvalue weighted by molar-refractivity contribution is -0.0601. The highest BCUT2D eigenvalue weighted by Gasteiger charge is 2.44. The van der Waals surface area contributed by atoms with Crippen LogP contribution in [0, 0.1) is 0 Å². The predicted octanol–water partition coefficient (Wildman–Crippen LogP) is 0.962. The average Bonchev–Trinajstić information content (AvgIpc) is 3.04. The molecule has 158 valence electrons. The minimum atomic E-state index is -4.04. The number of hydrogen-bond acceptors (Lipinski definition) is 8. The van der Waals surface area contributed by atoms with Crippen LogP contribution in [0.5, 0.6) is 0 Å². The molecule has 0 aromatic rings. The molecule has 0 bridgehead atoms. The van der Waals surface area contributed by atoms with Crippen LogP contribution >= 0.6 is 18.2 Å². The molecular formula is C16H29B2O8PS. The van der Waals surface area contributed by atoms with Crippen LogP contribution in [0.2, 0.25) is 0 Å². The Morgan fingerprint density at radius 2 is 1.86 bits per heavy atom. The van der Waals surface area contributed by atoms with E-state index in [-0.39, 0.29) is 24.6 Å². The summed E-state index contributed by atoms with van der Waals surface area (Å²) < 4.78 is 40.2. The summed E-state index contributed by atoms with van der Waals surface area (Å²) in [5.74, 6) is 0.0721. The number of aliphatic hydroxyl groups excluding tert-OH is 1. The van der Waals surface area contributed by atoms with Crippen molar-refractivity contribution in [1.82, 2.24) is 0 Å². The average molecular weight is 434 g/mol. The van der Waals surface area contributed by atoms with Crippen molar-refractivity contribution in [3.63, 3.8) is 0 Å². The Morgan fingerprint density at radius 1 is 1.18 bits per heavy atom. The van der Waals surface area contributed by atoms with Crippen LogP contribution in [0.15, 0.2) is 0 Å². The fourth-order valence-electron chi connectivity index (χ4n) is 3.05. The number of aliphatic hydroxyl groups is 1. The van der Waals surface area contributed by atoms with Gasteiger partial charge in [-0.2, -0.15) is 0 Å². The zero-order valence-electron chi connectivity index (χ0n) is 16.7. The van der Waals surface area contributed by atoms with Gasteiger partial charge >= 0.3 is 6.80 Å². The van der Waals surface area contributed by atoms with Crippen LogP contribution in [0.1, 0.15) is 34.1 Å². The summed E-state index contributed by atoms with van der Waals surface area (Å²) in [6.07, 6.45) is -3.38. The molecule has 2 rings (SSSR count). The van der Waals surface area contributed by atoms with Crippen LogP contribution in [0.25, 0.3) is 0 Å². The summed E-state index contributed by atoms with van der Waals surface area (Å²) in [5.41, 5.74) is 0. The lowest BCUT2D eigenvalue weighted by Crippen LogP contribution is -2.38. The van der Waals surface area contributed by atoms with E-state index in [9.17, 15) is 14.6 Å². The first kappa shape index (κ1) is 24.7. The second-order valence-corrected chi connectivity index (χ2v) is 11.4. The van der Waals surface area contributed by atoms with Crippen molar-refractivity contribution in [3.8, 4) is 0 Å². The fraction of sp³-hybridized carbons (Fsp3) is 1.00. The highest BCUT2D eigenvalue weighted by atomic mass is 32.7. The maximum atomic E-state index is 12.6. The minimum absolute atomic E-state index is 0.00979. The molecule has 8 nitrogen and oxygen atoms in total. The maximum absolute atomic E-state index is 12.6. The first-order valence-corrected chi connectivity index (χ1v) is 12.6. The Hall–Kier alpha value is 0.430. The van der Waals surface area contributed by atoms with Crippen molar-refractivity contribution >= 4 is 33.9 Å². The normalized spacial score (nSPS) is 38.4. The van der Waals surface area contributed by atoms with Gasteiger partial charge in [-0.05, 0) is 45.5 Å². The summed E-state index contributed by atoms with van der Waals surface area (Å²) in [5, 5.41) is 10.1. The van der Waals surface area contributed by atoms with E-state index >= 15 is 0 Å². The largest absolute Gasteiger partial charge is 0.388 e. The summed E-state index contributed by atoms with van der Waals surface area (Å²) >= 11 is 0.705. The van der Waals surface area contributed by atoms with Crippen molar-refractivity contribution in [2.24, 2.45) is 0 Å². The lowest BCUT2D eigenvalue weighted by atomic mass is 9.93. The van der Waals surface area contributed by atoms with E-state index in [2.05, 4.69) is 0 Å². The second-order valence-electron chi connectivity index (χ2n) is 7.52. The van der Waals surface area contributed by atoms with E-state index in [1.165, 1.54) is 0 Å². The molecule has 2 heterocycles. The second kappa shape index (κ2) is 10.6. The van der Waals surface area contributed by atoms with Crippen molar-refractivity contribution in [2.75, 3.05) is 12.4 Å². The van der Waals surface area contributed by atoms with Gasteiger partial charge in [0.05, 0.1) is 31.0 Å². The van der Waals surface area contributed by atoms with E-state index in [1.54, 1.807) is 0 Å². The molecule has 4 radical (unpaired) electrons. The van der Waals surface area contributed by atoms with Gasteiger partial charge in [-0.25, -0.2) is 4.57 Å². The quantitative estimate of drug-likeness (QED) is 0.385. The van der Waals surface area contributed by atoms with Crippen molar-refractivity contribution in [1.29, 1.82) is 0 Å². The molecular weight excluding hydrogens is 405 g/mol. The maximum Gasteiger partial charge on any atom is 0.387 e. The van der Waals surface area contributed by atoms with Crippen LogP contribution in [0.3, 0.4) is 0 Å². The van der Waals surface area contributed by atoms with Crippen molar-refractivity contribution < 1.29 is 38.0 Å². The predicted molar refractivity (Wildman–Crippen MR) is 108 cm³/mol.